The zero-order valence-corrected chi connectivity index (χ0v) is 26.8. The summed E-state index contributed by atoms with van der Waals surface area (Å²) in [6, 6.07) is 29.5. The Morgan fingerprint density at radius 2 is 0.838 bits per heavy atom. The van der Waals surface area contributed by atoms with Crippen LogP contribution in [-0.4, -0.2) is 24.2 Å². The Bertz CT molecular complexity index is 1030. The van der Waals surface area contributed by atoms with Gasteiger partial charge in [0.1, 0.15) is 22.7 Å². The molecular weight excluding hydrogens is 617 g/mol. The van der Waals surface area contributed by atoms with Gasteiger partial charge in [-0.1, -0.05) is 42.5 Å². The van der Waals surface area contributed by atoms with E-state index in [1.807, 2.05) is 0 Å². The van der Waals surface area contributed by atoms with Crippen LogP contribution in [0.25, 0.3) is 0 Å². The summed E-state index contributed by atoms with van der Waals surface area (Å²) in [7, 11) is 9.58. The summed E-state index contributed by atoms with van der Waals surface area (Å²) in [6.45, 7) is 18.1. The van der Waals surface area contributed by atoms with Crippen molar-refractivity contribution in [1.82, 2.24) is 8.97 Å². The van der Waals surface area contributed by atoms with Gasteiger partial charge in [0.15, 0.2) is 0 Å². The van der Waals surface area contributed by atoms with Crippen LogP contribution in [0.1, 0.15) is 55.4 Å². The summed E-state index contributed by atoms with van der Waals surface area (Å²) in [5.41, 5.74) is 5.87. The molecule has 3 aromatic carbocycles. The number of para-hydroxylation sites is 5. The molecule has 3 aromatic rings. The van der Waals surface area contributed by atoms with Crippen molar-refractivity contribution in [3.8, 4) is 0 Å². The van der Waals surface area contributed by atoms with Crippen molar-refractivity contribution in [3.63, 3.8) is 0 Å². The fraction of sp³-hybridized carbons (Fsp3) is 0.375. The van der Waals surface area contributed by atoms with Crippen LogP contribution in [0.2, 0.25) is 0 Å². The summed E-state index contributed by atoms with van der Waals surface area (Å²) >= 11 is 5.87. The van der Waals surface area contributed by atoms with E-state index in [0.29, 0.717) is 33.1 Å². The van der Waals surface area contributed by atoms with Crippen molar-refractivity contribution in [2.45, 2.75) is 79.6 Å². The van der Waals surface area contributed by atoms with Crippen LogP contribution < -0.4 is 13.9 Å². The van der Waals surface area contributed by atoms with Gasteiger partial charge in [-0.25, -0.2) is 0 Å². The topological polar surface area (TPSA) is 3.24 Å². The molecule has 0 aliphatic rings. The summed E-state index contributed by atoms with van der Waals surface area (Å²) in [4.78, 5) is 2.41. The SMILES string of the molecule is [CH2-][N+](c1ccccc1N(c1ccccc1)c1ccccc1[N+]([CH2-])(C(C)C)C(C)C)(C(C)C)C(C)C.[Cu][I]. The van der Waals surface area contributed by atoms with Crippen LogP contribution in [0, 0.1) is 14.1 Å². The minimum atomic E-state index is 0.318. The molecule has 0 aliphatic carbocycles. The van der Waals surface area contributed by atoms with Crippen molar-refractivity contribution >= 4 is 48.8 Å². The van der Waals surface area contributed by atoms with E-state index in [-0.39, 0.29) is 0 Å². The van der Waals surface area contributed by atoms with E-state index in [1.54, 1.807) is 20.3 Å². The molecule has 0 saturated carbocycles. The molecule has 0 spiro atoms. The van der Waals surface area contributed by atoms with E-state index >= 15 is 0 Å². The van der Waals surface area contributed by atoms with Gasteiger partial charge >= 0.3 is 33.1 Å². The second-order valence-electron chi connectivity index (χ2n) is 10.9. The van der Waals surface area contributed by atoms with Gasteiger partial charge < -0.3 is 8.97 Å². The summed E-state index contributed by atoms with van der Waals surface area (Å²) in [5.74, 6) is 0. The third-order valence-corrected chi connectivity index (χ3v) is 7.84. The van der Waals surface area contributed by atoms with E-state index in [4.69, 9.17) is 14.1 Å². The van der Waals surface area contributed by atoms with Crippen molar-refractivity contribution < 1.29 is 12.8 Å². The zero-order chi connectivity index (χ0) is 28.0. The molecule has 37 heavy (non-hydrogen) atoms. The Hall–Kier alpha value is -1.37. The molecule has 0 amide bonds. The molecule has 0 bridgehead atoms. The van der Waals surface area contributed by atoms with Crippen LogP contribution in [0.4, 0.5) is 28.4 Å². The Labute approximate surface area is 246 Å². The van der Waals surface area contributed by atoms with Gasteiger partial charge in [0.05, 0.1) is 24.2 Å². The van der Waals surface area contributed by atoms with E-state index in [2.05, 4.69) is 152 Å². The van der Waals surface area contributed by atoms with Crippen molar-refractivity contribution in [2.75, 3.05) is 4.90 Å². The first-order chi connectivity index (χ1) is 17.5. The van der Waals surface area contributed by atoms with Gasteiger partial charge in [-0.15, -0.1) is 14.1 Å². The van der Waals surface area contributed by atoms with Crippen LogP contribution in [0.15, 0.2) is 78.9 Å². The first-order valence-corrected chi connectivity index (χ1v) is 16.1. The van der Waals surface area contributed by atoms with Crippen LogP contribution in [0.5, 0.6) is 0 Å². The second-order valence-corrected chi connectivity index (χ2v) is 10.9. The van der Waals surface area contributed by atoms with Crippen LogP contribution in [0.3, 0.4) is 0 Å². The molecule has 0 heterocycles. The fourth-order valence-corrected chi connectivity index (χ4v) is 5.30. The summed E-state index contributed by atoms with van der Waals surface area (Å²) in [6.07, 6.45) is 0. The molecule has 0 saturated heterocycles. The van der Waals surface area contributed by atoms with Crippen LogP contribution >= 0.6 is 20.3 Å². The predicted octanol–water partition coefficient (Wildman–Crippen LogP) is 9.87. The monoisotopic (exact) mass is 661 g/mol. The summed E-state index contributed by atoms with van der Waals surface area (Å²) < 4.78 is 1.20. The Morgan fingerprint density at radius 1 is 0.541 bits per heavy atom. The van der Waals surface area contributed by atoms with Gasteiger partial charge in [-0.2, -0.15) is 0 Å². The molecule has 0 aliphatic heterocycles. The molecular formula is C32H45CuIN3. The van der Waals surface area contributed by atoms with Gasteiger partial charge in [-0.05, 0) is 91.8 Å². The number of hydrogen-bond donors (Lipinski definition) is 0. The second kappa shape index (κ2) is 13.6. The Morgan fingerprint density at radius 3 is 1.16 bits per heavy atom. The molecule has 0 radical (unpaired) electrons. The van der Waals surface area contributed by atoms with Gasteiger partial charge in [-0.3, -0.25) is 4.90 Å². The quantitative estimate of drug-likeness (QED) is 0.0955. The molecule has 0 unspecified atom stereocenters. The fourth-order valence-electron chi connectivity index (χ4n) is 5.30. The van der Waals surface area contributed by atoms with E-state index < -0.39 is 0 Å². The molecule has 206 valence electrons. The minimum absolute atomic E-state index is 0.318. The van der Waals surface area contributed by atoms with Crippen LogP contribution in [-0.2, 0) is 12.8 Å². The molecule has 0 aromatic heterocycles. The number of hydrogen-bond acceptors (Lipinski definition) is 1. The van der Waals surface area contributed by atoms with Crippen molar-refractivity contribution in [2.24, 2.45) is 0 Å². The number of nitrogens with zero attached hydrogens (tertiary/aromatic N) is 3. The Kier molecular flexibility index (Phi) is 11.7. The van der Waals surface area contributed by atoms with Gasteiger partial charge in [0, 0.05) is 5.69 Å². The summed E-state index contributed by atoms with van der Waals surface area (Å²) in [5, 5.41) is 0. The van der Waals surface area contributed by atoms with E-state index in [1.165, 1.54) is 11.4 Å². The Balaban J connectivity index is 0.00000235. The molecule has 0 fully saturated rings. The maximum absolute atomic E-state index is 4.79. The zero-order valence-electron chi connectivity index (χ0n) is 23.8. The molecule has 0 atom stereocenters. The maximum atomic E-state index is 4.79. The standard InChI is InChI=1S/C32H45N3.Cu.HI/c1-24(2)34(9,25(3)4)31-22-16-14-20-29(31)33(28-18-12-11-13-19-28)30-21-15-17-23-32(30)35(10,26(5)6)27(7)8;;/h11-27H,9-10H2,1-8H3;;1H/q;+1;/p-1. The van der Waals surface area contributed by atoms with Gasteiger partial charge in [0.25, 0.3) is 0 Å². The molecule has 5 heteroatoms. The first kappa shape index (κ1) is 31.8. The number of benzene rings is 3. The number of quaternary nitrogens is 2. The average Bonchev–Trinajstić information content (AvgIpc) is 2.89. The first-order valence-electron chi connectivity index (χ1n) is 13.1. The molecule has 3 nitrogen and oxygen atoms in total. The predicted molar refractivity (Wildman–Crippen MR) is 170 cm³/mol. The van der Waals surface area contributed by atoms with Crippen molar-refractivity contribution in [3.05, 3.63) is 93.0 Å². The van der Waals surface area contributed by atoms with E-state index in [9.17, 15) is 0 Å². The molecule has 3 rings (SSSR count). The third kappa shape index (κ3) is 6.28. The van der Waals surface area contributed by atoms with Crippen molar-refractivity contribution in [1.29, 1.82) is 0 Å². The van der Waals surface area contributed by atoms with E-state index in [0.717, 1.165) is 17.1 Å². The normalized spacial score (nSPS) is 12.2. The third-order valence-electron chi connectivity index (χ3n) is 7.84. The van der Waals surface area contributed by atoms with Gasteiger partial charge in [0.2, 0.25) is 0 Å². The number of halogens is 1. The average molecular weight is 662 g/mol. The molecule has 0 N–H and O–H groups in total. The number of rotatable bonds is 9. The number of anilines is 3.